The normalized spacial score (nSPS) is 11.9. The zero-order valence-electron chi connectivity index (χ0n) is 26.6. The highest BCUT2D eigenvalue weighted by Gasteiger charge is 2.15. The molecule has 0 spiro atoms. The third kappa shape index (κ3) is 4.89. The van der Waals surface area contributed by atoms with Gasteiger partial charge in [0.2, 0.25) is 0 Å². The first kappa shape index (κ1) is 28.1. The van der Waals surface area contributed by atoms with Crippen LogP contribution in [0.3, 0.4) is 0 Å². The molecule has 0 amide bonds. The molecule has 0 N–H and O–H groups in total. The summed E-state index contributed by atoms with van der Waals surface area (Å²) in [5, 5.41) is 7.14. The summed E-state index contributed by atoms with van der Waals surface area (Å²) in [6, 6.07) is 46.0. The molecule has 0 unspecified atom stereocenters. The Hall–Kier alpha value is -5.41. The predicted octanol–water partition coefficient (Wildman–Crippen LogP) is 11.7. The lowest BCUT2D eigenvalue weighted by Gasteiger charge is -2.15. The topological polar surface area (TPSA) is 38.7 Å². The van der Waals surface area contributed by atoms with Crippen LogP contribution in [0.5, 0.6) is 0 Å². The Labute approximate surface area is 269 Å². The SMILES string of the molecule is CC(C)c1cc(-c2ccc3ccccc3c2)c2ccc(-c3cccc4cc(-c5nc(C(C)C)nc6ccccc56)ccc34)cc2n1. The second-order valence-corrected chi connectivity index (χ2v) is 12.9. The number of aromatic nitrogens is 3. The molecule has 3 heteroatoms. The third-order valence-electron chi connectivity index (χ3n) is 9.08. The second-order valence-electron chi connectivity index (χ2n) is 12.9. The van der Waals surface area contributed by atoms with Gasteiger partial charge in [-0.1, -0.05) is 125 Å². The van der Waals surface area contributed by atoms with Gasteiger partial charge < -0.3 is 0 Å². The molecule has 8 rings (SSSR count). The summed E-state index contributed by atoms with van der Waals surface area (Å²) >= 11 is 0. The summed E-state index contributed by atoms with van der Waals surface area (Å²) in [7, 11) is 0. The molecule has 3 nitrogen and oxygen atoms in total. The van der Waals surface area contributed by atoms with Gasteiger partial charge in [-0.3, -0.25) is 4.98 Å². The van der Waals surface area contributed by atoms with E-state index in [1.165, 1.54) is 49.2 Å². The van der Waals surface area contributed by atoms with Crippen molar-refractivity contribution in [3.63, 3.8) is 0 Å². The van der Waals surface area contributed by atoms with Crippen molar-refractivity contribution in [3.05, 3.63) is 139 Å². The minimum Gasteiger partial charge on any atom is -0.253 e. The fraction of sp³-hybridized carbons (Fsp3) is 0.140. The summed E-state index contributed by atoms with van der Waals surface area (Å²) in [5.74, 6) is 1.43. The van der Waals surface area contributed by atoms with Gasteiger partial charge in [-0.05, 0) is 80.0 Å². The highest BCUT2D eigenvalue weighted by atomic mass is 14.9. The summed E-state index contributed by atoms with van der Waals surface area (Å²) in [4.78, 5) is 15.1. The molecule has 222 valence electrons. The first-order valence-corrected chi connectivity index (χ1v) is 16.2. The Morgan fingerprint density at radius 3 is 1.96 bits per heavy atom. The van der Waals surface area contributed by atoms with Crippen LogP contribution in [0.25, 0.3) is 76.9 Å². The number of rotatable bonds is 5. The van der Waals surface area contributed by atoms with E-state index in [4.69, 9.17) is 15.0 Å². The molecule has 8 aromatic rings. The number of fused-ring (bicyclic) bond motifs is 4. The first-order chi connectivity index (χ1) is 22.4. The molecule has 2 aromatic heterocycles. The van der Waals surface area contributed by atoms with Crippen molar-refractivity contribution in [1.82, 2.24) is 15.0 Å². The van der Waals surface area contributed by atoms with Crippen molar-refractivity contribution in [2.24, 2.45) is 0 Å². The quantitative estimate of drug-likeness (QED) is 0.199. The average Bonchev–Trinajstić information content (AvgIpc) is 3.09. The third-order valence-corrected chi connectivity index (χ3v) is 9.08. The van der Waals surface area contributed by atoms with Crippen LogP contribution in [0, 0.1) is 0 Å². The largest absolute Gasteiger partial charge is 0.253 e. The minimum absolute atomic E-state index is 0.245. The zero-order chi connectivity index (χ0) is 31.4. The lowest BCUT2D eigenvalue weighted by atomic mass is 9.92. The molecule has 0 fully saturated rings. The smallest absolute Gasteiger partial charge is 0.132 e. The fourth-order valence-electron chi connectivity index (χ4n) is 6.56. The van der Waals surface area contributed by atoms with Crippen LogP contribution in [0.4, 0.5) is 0 Å². The molecule has 0 atom stereocenters. The fourth-order valence-corrected chi connectivity index (χ4v) is 6.56. The standard InChI is InChI=1S/C43H35N3/c1-26(2)40-25-38(31-17-16-28-10-5-6-11-29(28)22-31)36-21-18-32(24-41(36)44-40)34-14-9-12-30-23-33(19-20-35(30)34)42-37-13-7-8-15-39(37)45-43(46-42)27(3)4/h5-27H,1-4H3. The van der Waals surface area contributed by atoms with Crippen LogP contribution in [-0.4, -0.2) is 15.0 Å². The van der Waals surface area contributed by atoms with Crippen molar-refractivity contribution < 1.29 is 0 Å². The van der Waals surface area contributed by atoms with Crippen LogP contribution in [-0.2, 0) is 0 Å². The van der Waals surface area contributed by atoms with E-state index < -0.39 is 0 Å². The molecule has 6 aromatic carbocycles. The van der Waals surface area contributed by atoms with Gasteiger partial charge in [-0.15, -0.1) is 0 Å². The molecule has 46 heavy (non-hydrogen) atoms. The number of nitrogens with zero attached hydrogens (tertiary/aromatic N) is 3. The summed E-state index contributed by atoms with van der Waals surface area (Å²) in [5.41, 5.74) is 10.0. The monoisotopic (exact) mass is 593 g/mol. The van der Waals surface area contributed by atoms with E-state index in [0.29, 0.717) is 5.92 Å². The van der Waals surface area contributed by atoms with E-state index in [1.54, 1.807) is 0 Å². The van der Waals surface area contributed by atoms with Gasteiger partial charge >= 0.3 is 0 Å². The first-order valence-electron chi connectivity index (χ1n) is 16.2. The maximum absolute atomic E-state index is 5.18. The second kappa shape index (κ2) is 11.2. The summed E-state index contributed by atoms with van der Waals surface area (Å²) in [6.07, 6.45) is 0. The molecular weight excluding hydrogens is 558 g/mol. The van der Waals surface area contributed by atoms with Crippen LogP contribution >= 0.6 is 0 Å². The van der Waals surface area contributed by atoms with E-state index in [9.17, 15) is 0 Å². The highest BCUT2D eigenvalue weighted by Crippen LogP contribution is 2.38. The summed E-state index contributed by atoms with van der Waals surface area (Å²) < 4.78 is 0. The van der Waals surface area contributed by atoms with Crippen molar-refractivity contribution in [2.45, 2.75) is 39.5 Å². The number of benzene rings is 6. The van der Waals surface area contributed by atoms with Gasteiger partial charge in [-0.2, -0.15) is 0 Å². The highest BCUT2D eigenvalue weighted by molar-refractivity contribution is 6.04. The minimum atomic E-state index is 0.245. The van der Waals surface area contributed by atoms with Crippen molar-refractivity contribution in [3.8, 4) is 33.5 Å². The van der Waals surface area contributed by atoms with Crippen LogP contribution in [0.1, 0.15) is 51.0 Å². The van der Waals surface area contributed by atoms with Crippen LogP contribution < -0.4 is 0 Å². The maximum Gasteiger partial charge on any atom is 0.132 e. The van der Waals surface area contributed by atoms with Gasteiger partial charge in [0.1, 0.15) is 5.82 Å². The molecule has 2 heterocycles. The van der Waals surface area contributed by atoms with Gasteiger partial charge in [0.25, 0.3) is 0 Å². The summed E-state index contributed by atoms with van der Waals surface area (Å²) in [6.45, 7) is 8.73. The Kier molecular flexibility index (Phi) is 6.83. The van der Waals surface area contributed by atoms with Crippen molar-refractivity contribution >= 4 is 43.4 Å². The molecule has 0 aliphatic heterocycles. The van der Waals surface area contributed by atoms with Gasteiger partial charge in [0.05, 0.1) is 16.7 Å². The lowest BCUT2D eigenvalue weighted by Crippen LogP contribution is -2.00. The van der Waals surface area contributed by atoms with Crippen molar-refractivity contribution in [2.75, 3.05) is 0 Å². The predicted molar refractivity (Wildman–Crippen MR) is 194 cm³/mol. The van der Waals surface area contributed by atoms with E-state index in [0.717, 1.165) is 39.2 Å². The number of para-hydroxylation sites is 1. The molecule has 0 bridgehead atoms. The van der Waals surface area contributed by atoms with E-state index in [2.05, 4.69) is 149 Å². The van der Waals surface area contributed by atoms with Gasteiger partial charge in [0.15, 0.2) is 0 Å². The van der Waals surface area contributed by atoms with Gasteiger partial charge in [-0.25, -0.2) is 9.97 Å². The number of hydrogen-bond donors (Lipinski definition) is 0. The van der Waals surface area contributed by atoms with Gasteiger partial charge in [0, 0.05) is 27.9 Å². The van der Waals surface area contributed by atoms with E-state index >= 15 is 0 Å². The number of pyridine rings is 1. The Morgan fingerprint density at radius 1 is 0.413 bits per heavy atom. The number of hydrogen-bond acceptors (Lipinski definition) is 3. The average molecular weight is 594 g/mol. The molecule has 0 aliphatic rings. The van der Waals surface area contributed by atoms with E-state index in [-0.39, 0.29) is 5.92 Å². The Bertz CT molecular complexity index is 2440. The molecular formula is C43H35N3. The Morgan fingerprint density at radius 2 is 1.11 bits per heavy atom. The van der Waals surface area contributed by atoms with Crippen LogP contribution in [0.15, 0.2) is 127 Å². The molecule has 0 saturated carbocycles. The molecule has 0 aliphatic carbocycles. The van der Waals surface area contributed by atoms with E-state index in [1.807, 2.05) is 6.07 Å². The van der Waals surface area contributed by atoms with Crippen molar-refractivity contribution in [1.29, 1.82) is 0 Å². The zero-order valence-corrected chi connectivity index (χ0v) is 26.6. The van der Waals surface area contributed by atoms with Crippen LogP contribution in [0.2, 0.25) is 0 Å². The maximum atomic E-state index is 5.18. The lowest BCUT2D eigenvalue weighted by molar-refractivity contribution is 0.784. The molecule has 0 radical (unpaired) electrons. The molecule has 0 saturated heterocycles. The Balaban J connectivity index is 1.26.